The molecule has 2 fully saturated rings. The van der Waals surface area contributed by atoms with Crippen LogP contribution in [0.5, 0.6) is 0 Å². The van der Waals surface area contributed by atoms with Crippen molar-refractivity contribution in [2.24, 2.45) is 17.6 Å². The Labute approximate surface area is 171 Å². The quantitative estimate of drug-likeness (QED) is 0.808. The Morgan fingerprint density at radius 3 is 2.45 bits per heavy atom. The van der Waals surface area contributed by atoms with E-state index >= 15 is 0 Å². The molecule has 2 aromatic rings. The van der Waals surface area contributed by atoms with E-state index in [4.69, 9.17) is 5.73 Å². The molecule has 2 saturated heterocycles. The zero-order valence-corrected chi connectivity index (χ0v) is 17.1. The van der Waals surface area contributed by atoms with Crippen molar-refractivity contribution in [1.29, 1.82) is 0 Å². The molecule has 0 bridgehead atoms. The molecular formula is C22H30N5O2. The second-order valence-corrected chi connectivity index (χ2v) is 8.55. The van der Waals surface area contributed by atoms with Gasteiger partial charge in [-0.05, 0) is 81.8 Å². The fraction of sp³-hybridized carbons (Fsp3) is 0.545. The number of hydrogen-bond acceptors (Lipinski definition) is 4. The van der Waals surface area contributed by atoms with E-state index in [-0.39, 0.29) is 5.91 Å². The summed E-state index contributed by atoms with van der Waals surface area (Å²) in [5.74, 6) is 1.17. The zero-order chi connectivity index (χ0) is 20.4. The Hall–Kier alpha value is -2.41. The summed E-state index contributed by atoms with van der Waals surface area (Å²) in [4.78, 5) is 28.8. The predicted octanol–water partition coefficient (Wildman–Crippen LogP) is 1.99. The normalized spacial score (nSPS) is 19.7. The lowest BCUT2D eigenvalue weighted by molar-refractivity contribution is -0.129. The van der Waals surface area contributed by atoms with Crippen LogP contribution >= 0.6 is 0 Å². The first-order valence-electron chi connectivity index (χ1n) is 10.6. The highest BCUT2D eigenvalue weighted by Crippen LogP contribution is 2.32. The number of primary amides is 1. The third kappa shape index (κ3) is 4.45. The number of H-pyrrole nitrogens is 1. The van der Waals surface area contributed by atoms with E-state index in [9.17, 15) is 9.59 Å². The Bertz CT molecular complexity index is 876. The largest absolute Gasteiger partial charge is 0.366 e. The molecule has 0 aliphatic carbocycles. The number of benzene rings is 1. The van der Waals surface area contributed by atoms with Crippen LogP contribution in [0.1, 0.15) is 41.6 Å². The number of rotatable bonds is 5. The van der Waals surface area contributed by atoms with Crippen LogP contribution < -0.4 is 5.73 Å². The van der Waals surface area contributed by atoms with Crippen molar-refractivity contribution in [3.05, 3.63) is 35.9 Å². The topological polar surface area (TPSA) is 95.3 Å². The summed E-state index contributed by atoms with van der Waals surface area (Å²) in [7, 11) is 2.20. The molecule has 3 heterocycles. The first-order valence-corrected chi connectivity index (χ1v) is 10.6. The fourth-order valence-corrected chi connectivity index (χ4v) is 4.86. The second kappa shape index (κ2) is 8.53. The van der Waals surface area contributed by atoms with Gasteiger partial charge in [0, 0.05) is 18.5 Å². The molecule has 2 amide bonds. The molecule has 0 spiro atoms. The number of aromatic nitrogens is 2. The fourth-order valence-electron chi connectivity index (χ4n) is 4.86. The molecule has 155 valence electrons. The van der Waals surface area contributed by atoms with Crippen molar-refractivity contribution >= 4 is 22.7 Å². The van der Waals surface area contributed by atoms with Crippen molar-refractivity contribution in [2.75, 3.05) is 33.2 Å². The van der Waals surface area contributed by atoms with Gasteiger partial charge in [0.25, 0.3) is 5.91 Å². The number of nitrogens with one attached hydrogen (secondary N) is 1. The summed E-state index contributed by atoms with van der Waals surface area (Å²) in [5, 5.41) is 7.62. The number of amides is 2. The minimum absolute atomic E-state index is 0.0831. The number of nitrogens with two attached hydrogens (primary N) is 1. The van der Waals surface area contributed by atoms with E-state index in [1.54, 1.807) is 18.7 Å². The summed E-state index contributed by atoms with van der Waals surface area (Å²) in [6, 6.07) is 3.69. The number of hydrogen-bond donors (Lipinski definition) is 2. The van der Waals surface area contributed by atoms with Gasteiger partial charge in [-0.1, -0.05) is 0 Å². The molecule has 7 nitrogen and oxygen atoms in total. The Balaban J connectivity index is 1.30. The molecule has 29 heavy (non-hydrogen) atoms. The van der Waals surface area contributed by atoms with Crippen LogP contribution in [-0.2, 0) is 11.2 Å². The first-order chi connectivity index (χ1) is 14.0. The molecule has 0 unspecified atom stereocenters. The lowest BCUT2D eigenvalue weighted by atomic mass is 9.79. The standard InChI is InChI=1S/C22H30N5O2/c1-26-8-4-16(5-9-26)17-6-10-27(11-7-17)20(28)3-2-15-12-18-14-24-25-21(18)19(13-15)22(23)29/h3,12-14,16-17H,2,4-11H2,1H3,(H2,23,29)(H,24,25). The van der Waals surface area contributed by atoms with Crippen molar-refractivity contribution in [2.45, 2.75) is 32.1 Å². The number of nitrogens with zero attached hydrogens (tertiary/aromatic N) is 3. The maximum atomic E-state index is 12.7. The van der Waals surface area contributed by atoms with Gasteiger partial charge >= 0.3 is 0 Å². The van der Waals surface area contributed by atoms with E-state index in [0.717, 1.165) is 48.7 Å². The maximum Gasteiger partial charge on any atom is 0.250 e. The molecule has 0 saturated carbocycles. The second-order valence-electron chi connectivity index (χ2n) is 8.55. The minimum Gasteiger partial charge on any atom is -0.366 e. The number of fused-ring (bicyclic) bond motifs is 1. The SMILES string of the molecule is CN1CCC(C2CCN(C(=O)[CH]Cc3cc(C(N)=O)c4[nH]ncc4c3)CC2)CC1. The van der Waals surface area contributed by atoms with Crippen LogP contribution in [0, 0.1) is 18.3 Å². The van der Waals surface area contributed by atoms with Crippen LogP contribution in [0.2, 0.25) is 0 Å². The van der Waals surface area contributed by atoms with Gasteiger partial charge in [0.2, 0.25) is 5.91 Å². The molecule has 0 atom stereocenters. The van der Waals surface area contributed by atoms with E-state index in [1.165, 1.54) is 25.9 Å². The highest BCUT2D eigenvalue weighted by atomic mass is 16.2. The summed E-state index contributed by atoms with van der Waals surface area (Å²) in [5.41, 5.74) is 7.43. The van der Waals surface area contributed by atoms with E-state index < -0.39 is 5.91 Å². The van der Waals surface area contributed by atoms with Gasteiger partial charge in [-0.3, -0.25) is 14.7 Å². The van der Waals surface area contributed by atoms with Gasteiger partial charge in [-0.15, -0.1) is 0 Å². The summed E-state index contributed by atoms with van der Waals surface area (Å²) in [6.45, 7) is 4.09. The lowest BCUT2D eigenvalue weighted by Crippen LogP contribution is -2.42. The van der Waals surface area contributed by atoms with Crippen LogP contribution in [0.3, 0.4) is 0 Å². The van der Waals surface area contributed by atoms with Gasteiger partial charge in [0.1, 0.15) is 0 Å². The predicted molar refractivity (Wildman–Crippen MR) is 112 cm³/mol. The summed E-state index contributed by atoms with van der Waals surface area (Å²) < 4.78 is 0. The Morgan fingerprint density at radius 2 is 1.79 bits per heavy atom. The first kappa shape index (κ1) is 19.9. The minimum atomic E-state index is -0.497. The molecular weight excluding hydrogens is 366 g/mol. The van der Waals surface area contributed by atoms with Gasteiger partial charge in [-0.2, -0.15) is 5.10 Å². The van der Waals surface area contributed by atoms with E-state index in [0.29, 0.717) is 17.5 Å². The number of aromatic amines is 1. The van der Waals surface area contributed by atoms with Crippen molar-refractivity contribution < 1.29 is 9.59 Å². The van der Waals surface area contributed by atoms with Gasteiger partial charge in [-0.25, -0.2) is 0 Å². The Morgan fingerprint density at radius 1 is 1.14 bits per heavy atom. The van der Waals surface area contributed by atoms with Crippen molar-refractivity contribution in [3.8, 4) is 0 Å². The average molecular weight is 397 g/mol. The summed E-state index contributed by atoms with van der Waals surface area (Å²) >= 11 is 0. The molecule has 3 N–H and O–H groups in total. The van der Waals surface area contributed by atoms with Crippen LogP contribution in [-0.4, -0.2) is 65.0 Å². The zero-order valence-electron chi connectivity index (χ0n) is 17.1. The lowest BCUT2D eigenvalue weighted by Gasteiger charge is -2.39. The third-order valence-corrected chi connectivity index (χ3v) is 6.67. The highest BCUT2D eigenvalue weighted by molar-refractivity contribution is 6.05. The number of likely N-dealkylation sites (tertiary alicyclic amines) is 2. The molecule has 7 heteroatoms. The third-order valence-electron chi connectivity index (χ3n) is 6.67. The highest BCUT2D eigenvalue weighted by Gasteiger charge is 2.30. The van der Waals surface area contributed by atoms with Crippen molar-refractivity contribution in [1.82, 2.24) is 20.0 Å². The molecule has 1 radical (unpaired) electrons. The number of carbonyl (C=O) groups is 2. The Kier molecular flexibility index (Phi) is 5.85. The smallest absolute Gasteiger partial charge is 0.250 e. The molecule has 2 aliphatic heterocycles. The van der Waals surface area contributed by atoms with Crippen LogP contribution in [0.15, 0.2) is 18.3 Å². The van der Waals surface area contributed by atoms with Crippen LogP contribution in [0.25, 0.3) is 10.9 Å². The molecule has 1 aromatic heterocycles. The van der Waals surface area contributed by atoms with Gasteiger partial charge in [0.15, 0.2) is 0 Å². The number of carbonyl (C=O) groups excluding carboxylic acids is 2. The summed E-state index contributed by atoms with van der Waals surface area (Å²) in [6.07, 6.45) is 8.68. The maximum absolute atomic E-state index is 12.7. The molecule has 4 rings (SSSR count). The molecule has 1 aromatic carbocycles. The van der Waals surface area contributed by atoms with E-state index in [1.807, 2.05) is 11.0 Å². The monoisotopic (exact) mass is 396 g/mol. The van der Waals surface area contributed by atoms with Gasteiger partial charge in [0.05, 0.1) is 23.7 Å². The average Bonchev–Trinajstić information content (AvgIpc) is 3.20. The molecule has 2 aliphatic rings. The van der Waals surface area contributed by atoms with Crippen LogP contribution in [0.4, 0.5) is 0 Å². The van der Waals surface area contributed by atoms with Gasteiger partial charge < -0.3 is 15.5 Å². The van der Waals surface area contributed by atoms with E-state index in [2.05, 4.69) is 22.1 Å². The van der Waals surface area contributed by atoms with Crippen molar-refractivity contribution in [3.63, 3.8) is 0 Å². The number of piperidine rings is 2.